The van der Waals surface area contributed by atoms with Crippen LogP contribution in [-0.2, 0) is 11.8 Å². The fraction of sp³-hybridized carbons (Fsp3) is 0.273. The van der Waals surface area contributed by atoms with Gasteiger partial charge in [-0.1, -0.05) is 0 Å². The second kappa shape index (κ2) is 8.57. The molecule has 9 nitrogen and oxygen atoms in total. The molecule has 0 saturated carbocycles. The van der Waals surface area contributed by atoms with E-state index >= 15 is 0 Å². The predicted molar refractivity (Wildman–Crippen MR) is 117 cm³/mol. The molecule has 1 fully saturated rings. The zero-order valence-electron chi connectivity index (χ0n) is 17.3. The number of nitrogens with one attached hydrogen (secondary N) is 1. The summed E-state index contributed by atoms with van der Waals surface area (Å²) in [6.45, 7) is 4.32. The number of ketones is 1. The maximum absolute atomic E-state index is 12.6. The third-order valence-electron chi connectivity index (χ3n) is 5.33. The molecule has 0 spiro atoms. The Balaban J connectivity index is 1.56. The minimum absolute atomic E-state index is 0.175. The Morgan fingerprint density at radius 2 is 2.03 bits per heavy atom. The molecule has 0 aliphatic carbocycles. The molecule has 3 aromatic rings. The second-order valence-corrected chi connectivity index (χ2v) is 7.47. The maximum atomic E-state index is 12.6. The fourth-order valence-electron chi connectivity index (χ4n) is 3.65. The second-order valence-electron chi connectivity index (χ2n) is 7.47. The molecule has 1 atom stereocenters. The van der Waals surface area contributed by atoms with Crippen molar-refractivity contribution >= 4 is 28.5 Å². The van der Waals surface area contributed by atoms with Crippen LogP contribution in [0.2, 0.25) is 0 Å². The Morgan fingerprint density at radius 1 is 1.26 bits per heavy atom. The molecule has 0 bridgehead atoms. The van der Waals surface area contributed by atoms with Crippen LogP contribution in [0.3, 0.4) is 0 Å². The minimum atomic E-state index is -0.499. The summed E-state index contributed by atoms with van der Waals surface area (Å²) >= 11 is 0. The van der Waals surface area contributed by atoms with Gasteiger partial charge >= 0.3 is 0 Å². The van der Waals surface area contributed by atoms with Crippen molar-refractivity contribution in [2.45, 2.75) is 13.0 Å². The van der Waals surface area contributed by atoms with Crippen LogP contribution >= 0.6 is 0 Å². The summed E-state index contributed by atoms with van der Waals surface area (Å²) in [6, 6.07) is 12.4. The van der Waals surface area contributed by atoms with E-state index in [0.29, 0.717) is 18.9 Å². The van der Waals surface area contributed by atoms with Gasteiger partial charge in [-0.05, 0) is 43.3 Å². The number of ether oxygens (including phenoxy) is 1. The molecule has 31 heavy (non-hydrogen) atoms. The van der Waals surface area contributed by atoms with Crippen LogP contribution in [0.15, 0.2) is 54.9 Å². The van der Waals surface area contributed by atoms with E-state index in [9.17, 15) is 14.9 Å². The van der Waals surface area contributed by atoms with Crippen molar-refractivity contribution in [2.75, 3.05) is 30.0 Å². The van der Waals surface area contributed by atoms with Crippen molar-refractivity contribution in [3.8, 4) is 0 Å². The van der Waals surface area contributed by atoms with Crippen LogP contribution in [0.25, 0.3) is 0 Å². The molecule has 9 heteroatoms. The number of hydrogen-bond donors (Lipinski definition) is 1. The van der Waals surface area contributed by atoms with Crippen LogP contribution in [0.1, 0.15) is 23.1 Å². The summed E-state index contributed by atoms with van der Waals surface area (Å²) in [4.78, 5) is 30.1. The Labute approximate surface area is 179 Å². The van der Waals surface area contributed by atoms with Gasteiger partial charge in [0.1, 0.15) is 5.69 Å². The van der Waals surface area contributed by atoms with Gasteiger partial charge in [-0.3, -0.25) is 14.9 Å². The molecule has 160 valence electrons. The normalized spacial score (nSPS) is 16.2. The van der Waals surface area contributed by atoms with E-state index < -0.39 is 4.92 Å². The molecule has 4 rings (SSSR count). The average Bonchev–Trinajstić information content (AvgIpc) is 3.20. The molecule has 1 N–H and O–H groups in total. The van der Waals surface area contributed by atoms with Gasteiger partial charge < -0.3 is 19.5 Å². The number of benzene rings is 2. The Morgan fingerprint density at radius 3 is 2.68 bits per heavy atom. The van der Waals surface area contributed by atoms with Crippen molar-refractivity contribution < 1.29 is 14.5 Å². The van der Waals surface area contributed by atoms with Crippen LogP contribution in [0.4, 0.5) is 22.7 Å². The molecular formula is C22H23N5O4. The summed E-state index contributed by atoms with van der Waals surface area (Å²) in [5.74, 6) is -0.144. The largest absolute Gasteiger partial charge is 0.377 e. The third kappa shape index (κ3) is 4.26. The number of aryl methyl sites for hydroxylation is 1. The first-order valence-corrected chi connectivity index (χ1v) is 9.96. The molecule has 1 aliphatic heterocycles. The van der Waals surface area contributed by atoms with Gasteiger partial charge in [0, 0.05) is 55.0 Å². The van der Waals surface area contributed by atoms with Gasteiger partial charge in [-0.2, -0.15) is 0 Å². The first-order valence-electron chi connectivity index (χ1n) is 9.96. The van der Waals surface area contributed by atoms with Gasteiger partial charge in [0.05, 0.1) is 18.1 Å². The highest BCUT2D eigenvalue weighted by molar-refractivity contribution is 6.07. The molecule has 1 aliphatic rings. The van der Waals surface area contributed by atoms with Gasteiger partial charge in [0.2, 0.25) is 5.78 Å². The van der Waals surface area contributed by atoms with Crippen LogP contribution in [0.5, 0.6) is 0 Å². The van der Waals surface area contributed by atoms with Crippen LogP contribution in [-0.4, -0.2) is 46.1 Å². The minimum Gasteiger partial charge on any atom is -0.377 e. The Bertz CT molecular complexity index is 1110. The summed E-state index contributed by atoms with van der Waals surface area (Å²) in [5, 5.41) is 14.7. The number of nitro benzene ring substituents is 1. The number of carbonyl (C=O) groups excluding carboxylic acids is 1. The van der Waals surface area contributed by atoms with Gasteiger partial charge in [0.25, 0.3) is 5.69 Å². The quantitative estimate of drug-likeness (QED) is 0.369. The molecule has 1 aromatic heterocycles. The van der Waals surface area contributed by atoms with E-state index in [0.717, 1.165) is 17.9 Å². The summed E-state index contributed by atoms with van der Waals surface area (Å²) < 4.78 is 7.06. The zero-order valence-corrected chi connectivity index (χ0v) is 17.3. The number of rotatable bonds is 6. The highest BCUT2D eigenvalue weighted by Crippen LogP contribution is 2.30. The van der Waals surface area contributed by atoms with E-state index in [1.54, 1.807) is 29.9 Å². The monoisotopic (exact) mass is 421 g/mol. The Kier molecular flexibility index (Phi) is 5.68. The number of hydrogen-bond acceptors (Lipinski definition) is 7. The van der Waals surface area contributed by atoms with E-state index in [1.165, 1.54) is 12.3 Å². The standard InChI is InChI=1S/C22H23N5O4/c1-15-14-31-12-11-26(15)18-6-4-17(5-7-18)24-19-8-3-16(13-20(19)27(29)30)21(28)22-23-9-10-25(22)2/h3-10,13,15,24H,11-12,14H2,1-2H3. The molecule has 1 unspecified atom stereocenters. The number of anilines is 3. The number of carbonyl (C=O) groups is 1. The van der Waals surface area contributed by atoms with Crippen LogP contribution < -0.4 is 10.2 Å². The highest BCUT2D eigenvalue weighted by atomic mass is 16.6. The molecule has 2 aromatic carbocycles. The van der Waals surface area contributed by atoms with Crippen molar-refractivity contribution in [1.82, 2.24) is 9.55 Å². The first kappa shape index (κ1) is 20.5. The topological polar surface area (TPSA) is 103 Å². The van der Waals surface area contributed by atoms with Crippen molar-refractivity contribution in [3.05, 3.63) is 76.4 Å². The van der Waals surface area contributed by atoms with Crippen molar-refractivity contribution in [1.29, 1.82) is 0 Å². The van der Waals surface area contributed by atoms with E-state index in [1.807, 2.05) is 24.3 Å². The molecular weight excluding hydrogens is 398 g/mol. The predicted octanol–water partition coefficient (Wildman–Crippen LogP) is 3.53. The van der Waals surface area contributed by atoms with Gasteiger partial charge in [-0.15, -0.1) is 0 Å². The lowest BCUT2D eigenvalue weighted by molar-refractivity contribution is -0.383. The SMILES string of the molecule is CC1COCCN1c1ccc(Nc2ccc(C(=O)c3nccn3C)cc2[N+](=O)[O-])cc1. The van der Waals surface area contributed by atoms with E-state index in [4.69, 9.17) is 4.74 Å². The summed E-state index contributed by atoms with van der Waals surface area (Å²) in [7, 11) is 1.70. The number of imidazole rings is 1. The molecule has 0 amide bonds. The van der Waals surface area contributed by atoms with E-state index in [2.05, 4.69) is 22.1 Å². The smallest absolute Gasteiger partial charge is 0.293 e. The summed E-state index contributed by atoms with van der Waals surface area (Å²) in [5.41, 5.74) is 2.14. The fourth-order valence-corrected chi connectivity index (χ4v) is 3.65. The van der Waals surface area contributed by atoms with Crippen LogP contribution in [0, 0.1) is 10.1 Å². The molecule has 1 saturated heterocycles. The van der Waals surface area contributed by atoms with E-state index in [-0.39, 0.29) is 28.9 Å². The number of aromatic nitrogens is 2. The average molecular weight is 421 g/mol. The lowest BCUT2D eigenvalue weighted by Crippen LogP contribution is -2.43. The van der Waals surface area contributed by atoms with Gasteiger partial charge in [0.15, 0.2) is 5.82 Å². The lowest BCUT2D eigenvalue weighted by atomic mass is 10.1. The Hall–Kier alpha value is -3.72. The third-order valence-corrected chi connectivity index (χ3v) is 5.33. The number of nitrogens with zero attached hydrogens (tertiary/aromatic N) is 4. The summed E-state index contributed by atoms with van der Waals surface area (Å²) in [6.07, 6.45) is 3.16. The zero-order chi connectivity index (χ0) is 22.0. The number of morpholine rings is 1. The maximum Gasteiger partial charge on any atom is 0.293 e. The lowest BCUT2D eigenvalue weighted by Gasteiger charge is -2.35. The number of nitro groups is 1. The van der Waals surface area contributed by atoms with Crippen molar-refractivity contribution in [3.63, 3.8) is 0 Å². The van der Waals surface area contributed by atoms with Gasteiger partial charge in [-0.25, -0.2) is 4.98 Å². The van der Waals surface area contributed by atoms with Crippen molar-refractivity contribution in [2.24, 2.45) is 7.05 Å². The highest BCUT2D eigenvalue weighted by Gasteiger charge is 2.21. The molecule has 2 heterocycles. The molecule has 0 radical (unpaired) electrons. The first-order chi connectivity index (χ1) is 14.9.